The maximum atomic E-state index is 5.97. The van der Waals surface area contributed by atoms with Crippen LogP contribution in [0.25, 0.3) is 0 Å². The minimum atomic E-state index is 0.313. The Kier molecular flexibility index (Phi) is 4.43. The van der Waals surface area contributed by atoms with Crippen LogP contribution in [0, 0.1) is 13.8 Å². The maximum absolute atomic E-state index is 5.97. The Morgan fingerprint density at radius 2 is 1.70 bits per heavy atom. The van der Waals surface area contributed by atoms with Crippen LogP contribution in [-0.4, -0.2) is 9.97 Å². The molecule has 2 rings (SSSR count). The van der Waals surface area contributed by atoms with Gasteiger partial charge in [0.05, 0.1) is 10.2 Å². The van der Waals surface area contributed by atoms with Crippen LogP contribution in [0.5, 0.6) is 0 Å². The molecule has 0 saturated carbocycles. The third-order valence-corrected chi connectivity index (χ3v) is 3.95. The molecule has 1 aromatic heterocycles. The minimum Gasteiger partial charge on any atom is -0.383 e. The van der Waals surface area contributed by atoms with Crippen molar-refractivity contribution in [1.82, 2.24) is 9.97 Å². The molecular weight excluding hydrogens is 314 g/mol. The number of hydrogen-bond donors (Lipinski definition) is 1. The van der Waals surface area contributed by atoms with Gasteiger partial charge in [-0.15, -0.1) is 0 Å². The number of rotatable bonds is 3. The molecule has 0 bridgehead atoms. The molecule has 0 amide bonds. The molecular formula is C16H20BrN3. The highest BCUT2D eigenvalue weighted by Crippen LogP contribution is 2.27. The zero-order chi connectivity index (χ0) is 14.9. The molecule has 0 unspecified atom stereocenters. The van der Waals surface area contributed by atoms with Crippen molar-refractivity contribution in [2.24, 2.45) is 0 Å². The van der Waals surface area contributed by atoms with E-state index in [1.54, 1.807) is 0 Å². The lowest BCUT2D eigenvalue weighted by molar-refractivity contribution is 0.786. The topological polar surface area (TPSA) is 51.8 Å². The summed E-state index contributed by atoms with van der Waals surface area (Å²) in [5.41, 5.74) is 10.7. The van der Waals surface area contributed by atoms with Crippen LogP contribution in [0.4, 0.5) is 5.82 Å². The van der Waals surface area contributed by atoms with Gasteiger partial charge in [0.2, 0.25) is 0 Å². The number of hydrogen-bond acceptors (Lipinski definition) is 3. The molecule has 1 aromatic carbocycles. The molecule has 106 valence electrons. The summed E-state index contributed by atoms with van der Waals surface area (Å²) in [5.74, 6) is 1.61. The highest BCUT2D eigenvalue weighted by molar-refractivity contribution is 9.10. The summed E-state index contributed by atoms with van der Waals surface area (Å²) in [6, 6.07) is 6.51. The monoisotopic (exact) mass is 333 g/mol. The van der Waals surface area contributed by atoms with Gasteiger partial charge in [0.15, 0.2) is 0 Å². The quantitative estimate of drug-likeness (QED) is 0.917. The van der Waals surface area contributed by atoms with Gasteiger partial charge < -0.3 is 5.73 Å². The summed E-state index contributed by atoms with van der Waals surface area (Å²) < 4.78 is 0.816. The van der Waals surface area contributed by atoms with Crippen molar-refractivity contribution in [3.8, 4) is 0 Å². The van der Waals surface area contributed by atoms with E-state index in [0.717, 1.165) is 16.0 Å². The van der Waals surface area contributed by atoms with Crippen LogP contribution >= 0.6 is 15.9 Å². The zero-order valence-corrected chi connectivity index (χ0v) is 14.0. The van der Waals surface area contributed by atoms with Gasteiger partial charge in [-0.05, 0) is 41.3 Å². The predicted octanol–water partition coefficient (Wildman–Crippen LogP) is 4.15. The third-order valence-electron chi connectivity index (χ3n) is 3.14. The van der Waals surface area contributed by atoms with Crippen molar-refractivity contribution in [3.05, 3.63) is 50.9 Å². The Morgan fingerprint density at radius 1 is 1.10 bits per heavy atom. The Labute approximate surface area is 128 Å². The van der Waals surface area contributed by atoms with Crippen LogP contribution in [0.3, 0.4) is 0 Å². The average molecular weight is 334 g/mol. The number of nitrogens with zero attached hydrogens (tertiary/aromatic N) is 2. The number of benzene rings is 1. The first-order valence-corrected chi connectivity index (χ1v) is 7.55. The molecule has 0 aliphatic rings. The van der Waals surface area contributed by atoms with Gasteiger partial charge in [-0.25, -0.2) is 9.97 Å². The fourth-order valence-corrected chi connectivity index (χ4v) is 2.98. The summed E-state index contributed by atoms with van der Waals surface area (Å²) in [4.78, 5) is 9.04. The SMILES string of the molecule is Cc1cc(C)cc(Cc2nc(N)c(Br)c(C(C)C)n2)c1. The van der Waals surface area contributed by atoms with Gasteiger partial charge in [0.1, 0.15) is 11.6 Å². The lowest BCUT2D eigenvalue weighted by Crippen LogP contribution is -2.07. The van der Waals surface area contributed by atoms with Crippen LogP contribution in [-0.2, 0) is 6.42 Å². The van der Waals surface area contributed by atoms with Gasteiger partial charge in [-0.1, -0.05) is 43.2 Å². The number of aryl methyl sites for hydroxylation is 2. The summed E-state index contributed by atoms with van der Waals surface area (Å²) in [6.07, 6.45) is 0.708. The fourth-order valence-electron chi connectivity index (χ4n) is 2.35. The molecule has 0 atom stereocenters. The normalized spacial score (nSPS) is 11.1. The first-order valence-electron chi connectivity index (χ1n) is 6.75. The molecule has 0 fully saturated rings. The van der Waals surface area contributed by atoms with Crippen molar-refractivity contribution in [3.63, 3.8) is 0 Å². The molecule has 20 heavy (non-hydrogen) atoms. The molecule has 4 heteroatoms. The second-order valence-electron chi connectivity index (χ2n) is 5.55. The molecule has 0 aliphatic carbocycles. The Balaban J connectivity index is 2.38. The van der Waals surface area contributed by atoms with Crippen molar-refractivity contribution < 1.29 is 0 Å². The third kappa shape index (κ3) is 3.37. The molecule has 3 nitrogen and oxygen atoms in total. The van der Waals surface area contributed by atoms with Crippen molar-refractivity contribution >= 4 is 21.7 Å². The molecule has 2 N–H and O–H groups in total. The van der Waals surface area contributed by atoms with E-state index in [-0.39, 0.29) is 0 Å². The first-order chi connectivity index (χ1) is 9.36. The van der Waals surface area contributed by atoms with Crippen molar-refractivity contribution in [2.75, 3.05) is 5.73 Å². The van der Waals surface area contributed by atoms with E-state index in [0.29, 0.717) is 18.2 Å². The first kappa shape index (κ1) is 15.0. The Bertz CT molecular complexity index is 616. The van der Waals surface area contributed by atoms with E-state index in [2.05, 4.69) is 71.8 Å². The molecule has 0 spiro atoms. The highest BCUT2D eigenvalue weighted by Gasteiger charge is 2.13. The number of aromatic nitrogens is 2. The van der Waals surface area contributed by atoms with Crippen molar-refractivity contribution in [1.29, 1.82) is 0 Å². The summed E-state index contributed by atoms with van der Waals surface area (Å²) in [6.45, 7) is 8.42. The second-order valence-corrected chi connectivity index (χ2v) is 6.34. The minimum absolute atomic E-state index is 0.313. The summed E-state index contributed by atoms with van der Waals surface area (Å²) in [7, 11) is 0. The number of halogens is 1. The molecule has 0 radical (unpaired) electrons. The van der Waals surface area contributed by atoms with E-state index >= 15 is 0 Å². The standard InChI is InChI=1S/C16H20BrN3/c1-9(2)15-14(17)16(18)20-13(19-15)8-12-6-10(3)5-11(4)7-12/h5-7,9H,8H2,1-4H3,(H2,18,19,20). The lowest BCUT2D eigenvalue weighted by atomic mass is 10.0. The van der Waals surface area contributed by atoms with Crippen LogP contribution in [0.15, 0.2) is 22.7 Å². The summed E-state index contributed by atoms with van der Waals surface area (Å²) >= 11 is 3.47. The van der Waals surface area contributed by atoms with Crippen molar-refractivity contribution in [2.45, 2.75) is 40.0 Å². The zero-order valence-electron chi connectivity index (χ0n) is 12.4. The largest absolute Gasteiger partial charge is 0.383 e. The smallest absolute Gasteiger partial charge is 0.141 e. The molecule has 1 heterocycles. The van der Waals surface area contributed by atoms with E-state index < -0.39 is 0 Å². The van der Waals surface area contributed by atoms with E-state index in [9.17, 15) is 0 Å². The molecule has 0 aliphatic heterocycles. The van der Waals surface area contributed by atoms with Gasteiger partial charge in [0.25, 0.3) is 0 Å². The second kappa shape index (κ2) is 5.92. The van der Waals surface area contributed by atoms with Gasteiger partial charge >= 0.3 is 0 Å². The maximum Gasteiger partial charge on any atom is 0.141 e. The van der Waals surface area contributed by atoms with Crippen LogP contribution < -0.4 is 5.73 Å². The van der Waals surface area contributed by atoms with Gasteiger partial charge in [-0.3, -0.25) is 0 Å². The van der Waals surface area contributed by atoms with Crippen LogP contribution in [0.1, 0.15) is 48.0 Å². The highest BCUT2D eigenvalue weighted by atomic mass is 79.9. The van der Waals surface area contributed by atoms with E-state index in [1.165, 1.54) is 16.7 Å². The lowest BCUT2D eigenvalue weighted by Gasteiger charge is -2.12. The van der Waals surface area contributed by atoms with E-state index in [4.69, 9.17) is 5.73 Å². The Morgan fingerprint density at radius 3 is 2.25 bits per heavy atom. The molecule has 0 saturated heterocycles. The number of nitrogen functional groups attached to an aromatic ring is 1. The predicted molar refractivity (Wildman–Crippen MR) is 87.0 cm³/mol. The Hall–Kier alpha value is -1.42. The fraction of sp³-hybridized carbons (Fsp3) is 0.375. The van der Waals surface area contributed by atoms with E-state index in [1.807, 2.05) is 0 Å². The number of nitrogens with two attached hydrogens (primary N) is 1. The number of anilines is 1. The van der Waals surface area contributed by atoms with Gasteiger partial charge in [0, 0.05) is 6.42 Å². The van der Waals surface area contributed by atoms with Crippen LogP contribution in [0.2, 0.25) is 0 Å². The average Bonchev–Trinajstić information content (AvgIpc) is 2.31. The molecule has 2 aromatic rings. The summed E-state index contributed by atoms with van der Waals surface area (Å²) in [5, 5.41) is 0. The van der Waals surface area contributed by atoms with Gasteiger partial charge in [-0.2, -0.15) is 0 Å².